The lowest BCUT2D eigenvalue weighted by Gasteiger charge is -2.52. The quantitative estimate of drug-likeness (QED) is 0.570. The van der Waals surface area contributed by atoms with Gasteiger partial charge in [0, 0.05) is 36.1 Å². The number of hydrogen-bond acceptors (Lipinski definition) is 2. The summed E-state index contributed by atoms with van der Waals surface area (Å²) in [5.74, 6) is 0.168. The Labute approximate surface area is 185 Å². The van der Waals surface area contributed by atoms with Crippen molar-refractivity contribution in [1.29, 1.82) is 0 Å². The SMILES string of the molecule is CC[C@]1(CCC(=O)NCc2ccccc2)CCCN2CCc3c([nH]c4ccccc34)[C@@H]21. The van der Waals surface area contributed by atoms with Gasteiger partial charge in [0.05, 0.1) is 6.04 Å². The third-order valence-electron chi connectivity index (χ3n) is 7.72. The Morgan fingerprint density at radius 3 is 2.77 bits per heavy atom. The molecule has 3 heterocycles. The average molecular weight is 416 g/mol. The summed E-state index contributed by atoms with van der Waals surface area (Å²) >= 11 is 0. The highest BCUT2D eigenvalue weighted by Gasteiger charge is 2.47. The predicted molar refractivity (Wildman–Crippen MR) is 126 cm³/mol. The van der Waals surface area contributed by atoms with Crippen molar-refractivity contribution in [3.63, 3.8) is 0 Å². The Morgan fingerprint density at radius 2 is 1.94 bits per heavy atom. The number of carbonyl (C=O) groups is 1. The summed E-state index contributed by atoms with van der Waals surface area (Å²) in [6, 6.07) is 19.3. The van der Waals surface area contributed by atoms with Crippen molar-refractivity contribution in [2.45, 2.75) is 58.0 Å². The Kier molecular flexibility index (Phi) is 5.58. The van der Waals surface area contributed by atoms with Crippen LogP contribution in [0.2, 0.25) is 0 Å². The van der Waals surface area contributed by atoms with Crippen LogP contribution in [0, 0.1) is 5.41 Å². The van der Waals surface area contributed by atoms with Gasteiger partial charge < -0.3 is 10.3 Å². The molecule has 2 aromatic carbocycles. The predicted octanol–water partition coefficient (Wildman–Crippen LogP) is 5.35. The second kappa shape index (κ2) is 8.51. The van der Waals surface area contributed by atoms with Gasteiger partial charge in [0.15, 0.2) is 0 Å². The molecule has 1 aromatic heterocycles. The van der Waals surface area contributed by atoms with Gasteiger partial charge in [-0.2, -0.15) is 0 Å². The molecule has 1 fully saturated rings. The highest BCUT2D eigenvalue weighted by Crippen LogP contribution is 2.53. The number of benzene rings is 2. The molecule has 1 amide bonds. The van der Waals surface area contributed by atoms with Gasteiger partial charge in [0.25, 0.3) is 0 Å². The van der Waals surface area contributed by atoms with Crippen LogP contribution in [-0.4, -0.2) is 28.9 Å². The summed E-state index contributed by atoms with van der Waals surface area (Å²) in [6.07, 6.45) is 6.19. The standard InChI is InChI=1S/C27H33N3O/c1-2-27(16-13-24(31)28-19-20-9-4-3-5-10-20)15-8-17-30-18-14-22-21-11-6-7-12-23(21)29-25(22)26(27)30/h3-7,9-12,26,29H,2,8,13-19H2,1H3,(H,28,31)/t26-,27-/m1/s1. The zero-order valence-electron chi connectivity index (χ0n) is 18.5. The normalized spacial score (nSPS) is 23.3. The number of para-hydroxylation sites is 1. The number of hydrogen-bond donors (Lipinski definition) is 2. The molecule has 4 nitrogen and oxygen atoms in total. The van der Waals surface area contributed by atoms with Crippen LogP contribution in [0.1, 0.15) is 61.9 Å². The molecule has 162 valence electrons. The molecule has 2 atom stereocenters. The molecule has 5 rings (SSSR count). The lowest BCUT2D eigenvalue weighted by Crippen LogP contribution is -2.49. The first-order valence-electron chi connectivity index (χ1n) is 11.8. The number of piperidine rings is 1. The summed E-state index contributed by atoms with van der Waals surface area (Å²) in [6.45, 7) is 5.23. The molecule has 4 heteroatoms. The molecule has 2 aliphatic rings. The Hall–Kier alpha value is -2.59. The van der Waals surface area contributed by atoms with E-state index in [0.29, 0.717) is 19.0 Å². The molecule has 2 N–H and O–H groups in total. The van der Waals surface area contributed by atoms with Crippen molar-refractivity contribution < 1.29 is 4.79 Å². The molecule has 31 heavy (non-hydrogen) atoms. The van der Waals surface area contributed by atoms with E-state index in [1.54, 1.807) is 0 Å². The van der Waals surface area contributed by atoms with Crippen LogP contribution in [0.15, 0.2) is 54.6 Å². The number of H-pyrrole nitrogens is 1. The van der Waals surface area contributed by atoms with Crippen LogP contribution in [0.3, 0.4) is 0 Å². The maximum Gasteiger partial charge on any atom is 0.220 e. The number of aromatic nitrogens is 1. The monoisotopic (exact) mass is 415 g/mol. The number of rotatable bonds is 6. The van der Waals surface area contributed by atoms with E-state index in [0.717, 1.165) is 31.4 Å². The molecule has 0 unspecified atom stereocenters. The fourth-order valence-electron chi connectivity index (χ4n) is 6.05. The summed E-state index contributed by atoms with van der Waals surface area (Å²) < 4.78 is 0. The van der Waals surface area contributed by atoms with E-state index in [1.807, 2.05) is 18.2 Å². The Balaban J connectivity index is 1.36. The topological polar surface area (TPSA) is 48.1 Å². The number of aromatic amines is 1. The Bertz CT molecular complexity index is 1060. The molecule has 3 aromatic rings. The highest BCUT2D eigenvalue weighted by molar-refractivity contribution is 5.85. The zero-order valence-corrected chi connectivity index (χ0v) is 18.5. The highest BCUT2D eigenvalue weighted by atomic mass is 16.1. The molecular formula is C27H33N3O. The summed E-state index contributed by atoms with van der Waals surface area (Å²) in [7, 11) is 0. The minimum absolute atomic E-state index is 0.151. The molecule has 0 aliphatic carbocycles. The minimum atomic E-state index is 0.151. The number of nitrogens with zero attached hydrogens (tertiary/aromatic N) is 1. The van der Waals surface area contributed by atoms with Crippen LogP contribution in [0.5, 0.6) is 0 Å². The lowest BCUT2D eigenvalue weighted by molar-refractivity contribution is -0.122. The van der Waals surface area contributed by atoms with Gasteiger partial charge >= 0.3 is 0 Å². The third kappa shape index (κ3) is 3.78. The first-order chi connectivity index (χ1) is 15.2. The number of amides is 1. The van der Waals surface area contributed by atoms with Crippen LogP contribution in [0.25, 0.3) is 10.9 Å². The van der Waals surface area contributed by atoms with E-state index in [9.17, 15) is 4.79 Å². The van der Waals surface area contributed by atoms with Crippen LogP contribution in [0.4, 0.5) is 0 Å². The van der Waals surface area contributed by atoms with Gasteiger partial charge in [0.2, 0.25) is 5.91 Å². The summed E-state index contributed by atoms with van der Waals surface area (Å²) in [5.41, 5.74) is 5.48. The van der Waals surface area contributed by atoms with Crippen molar-refractivity contribution in [1.82, 2.24) is 15.2 Å². The fraction of sp³-hybridized carbons (Fsp3) is 0.444. The Morgan fingerprint density at radius 1 is 1.13 bits per heavy atom. The average Bonchev–Trinajstić information content (AvgIpc) is 3.20. The van der Waals surface area contributed by atoms with E-state index in [4.69, 9.17) is 0 Å². The maximum absolute atomic E-state index is 12.7. The van der Waals surface area contributed by atoms with Crippen molar-refractivity contribution in [3.8, 4) is 0 Å². The van der Waals surface area contributed by atoms with E-state index < -0.39 is 0 Å². The second-order valence-electron chi connectivity index (χ2n) is 9.33. The number of fused-ring (bicyclic) bond motifs is 5. The summed E-state index contributed by atoms with van der Waals surface area (Å²) in [4.78, 5) is 19.2. The van der Waals surface area contributed by atoms with Crippen molar-refractivity contribution in [3.05, 3.63) is 71.4 Å². The molecular weight excluding hydrogens is 382 g/mol. The zero-order chi connectivity index (χ0) is 21.3. The third-order valence-corrected chi connectivity index (χ3v) is 7.72. The van der Waals surface area contributed by atoms with Crippen LogP contribution < -0.4 is 5.32 Å². The largest absolute Gasteiger partial charge is 0.357 e. The van der Waals surface area contributed by atoms with E-state index in [1.165, 1.54) is 41.5 Å². The van der Waals surface area contributed by atoms with Crippen molar-refractivity contribution in [2.24, 2.45) is 5.41 Å². The van der Waals surface area contributed by atoms with E-state index >= 15 is 0 Å². The van der Waals surface area contributed by atoms with Gasteiger partial charge in [0.1, 0.15) is 0 Å². The van der Waals surface area contributed by atoms with Crippen LogP contribution in [-0.2, 0) is 17.8 Å². The van der Waals surface area contributed by atoms with Gasteiger partial charge in [-0.3, -0.25) is 9.69 Å². The van der Waals surface area contributed by atoms with Crippen molar-refractivity contribution >= 4 is 16.8 Å². The van der Waals surface area contributed by atoms with Gasteiger partial charge in [-0.15, -0.1) is 0 Å². The van der Waals surface area contributed by atoms with Crippen LogP contribution >= 0.6 is 0 Å². The molecule has 0 saturated carbocycles. The maximum atomic E-state index is 12.7. The first-order valence-corrected chi connectivity index (χ1v) is 11.8. The second-order valence-corrected chi connectivity index (χ2v) is 9.33. The van der Waals surface area contributed by atoms with Gasteiger partial charge in [-0.25, -0.2) is 0 Å². The van der Waals surface area contributed by atoms with Gasteiger partial charge in [-0.05, 0) is 61.3 Å². The number of nitrogens with one attached hydrogen (secondary N) is 2. The molecule has 2 aliphatic heterocycles. The smallest absolute Gasteiger partial charge is 0.220 e. The fourth-order valence-corrected chi connectivity index (χ4v) is 6.05. The van der Waals surface area contributed by atoms with Crippen molar-refractivity contribution in [2.75, 3.05) is 13.1 Å². The molecule has 1 saturated heterocycles. The van der Waals surface area contributed by atoms with E-state index in [-0.39, 0.29) is 11.3 Å². The molecule has 0 radical (unpaired) electrons. The summed E-state index contributed by atoms with van der Waals surface area (Å²) in [5, 5.41) is 4.51. The molecule has 0 bridgehead atoms. The molecule has 0 spiro atoms. The van der Waals surface area contributed by atoms with Gasteiger partial charge in [-0.1, -0.05) is 55.5 Å². The lowest BCUT2D eigenvalue weighted by atomic mass is 9.65. The minimum Gasteiger partial charge on any atom is -0.357 e. The first kappa shape index (κ1) is 20.3. The number of carbonyl (C=O) groups excluding carboxylic acids is 1. The van der Waals surface area contributed by atoms with E-state index in [2.05, 4.69) is 58.5 Å².